The molecule has 0 bridgehead atoms. The van der Waals surface area contributed by atoms with Crippen molar-refractivity contribution in [3.05, 3.63) is 35.9 Å². The Labute approximate surface area is 121 Å². The van der Waals surface area contributed by atoms with Crippen molar-refractivity contribution in [1.29, 1.82) is 5.26 Å². The number of carbonyl (C=O) groups is 1. The van der Waals surface area contributed by atoms with Gasteiger partial charge in [0.25, 0.3) is 0 Å². The Morgan fingerprint density at radius 3 is 2.45 bits per heavy atom. The molecule has 0 aliphatic heterocycles. The molecular weight excluding hydrogens is 250 g/mol. The third-order valence-electron chi connectivity index (χ3n) is 3.34. The van der Waals surface area contributed by atoms with Crippen LogP contribution in [0.15, 0.2) is 30.3 Å². The maximum absolute atomic E-state index is 12.3. The highest BCUT2D eigenvalue weighted by molar-refractivity contribution is 5.77. The Bertz CT molecular complexity index is 471. The monoisotopic (exact) mass is 273 g/mol. The third-order valence-corrected chi connectivity index (χ3v) is 3.34. The number of hydrogen-bond donors (Lipinski definition) is 1. The van der Waals surface area contributed by atoms with Crippen LogP contribution in [0.1, 0.15) is 32.8 Å². The van der Waals surface area contributed by atoms with Crippen LogP contribution in [0.5, 0.6) is 0 Å². The molecular formula is C16H23N3O. The lowest BCUT2D eigenvalue weighted by Gasteiger charge is -2.29. The summed E-state index contributed by atoms with van der Waals surface area (Å²) in [6, 6.07) is 11.5. The van der Waals surface area contributed by atoms with Gasteiger partial charge in [-0.15, -0.1) is 0 Å². The number of carbonyl (C=O) groups excluding carboxylic acids is 1. The smallest absolute Gasteiger partial charge is 0.225 e. The van der Waals surface area contributed by atoms with Crippen molar-refractivity contribution in [3.8, 4) is 6.07 Å². The highest BCUT2D eigenvalue weighted by Crippen LogP contribution is 2.20. The minimum atomic E-state index is -0.216. The Hall–Kier alpha value is -1.86. The second kappa shape index (κ2) is 7.06. The summed E-state index contributed by atoms with van der Waals surface area (Å²) < 4.78 is 0. The van der Waals surface area contributed by atoms with Crippen LogP contribution in [0.4, 0.5) is 0 Å². The van der Waals surface area contributed by atoms with Gasteiger partial charge in [-0.2, -0.15) is 5.26 Å². The van der Waals surface area contributed by atoms with Crippen LogP contribution in [0.2, 0.25) is 0 Å². The number of benzene rings is 1. The molecule has 1 amide bonds. The van der Waals surface area contributed by atoms with E-state index in [9.17, 15) is 4.79 Å². The van der Waals surface area contributed by atoms with E-state index in [-0.39, 0.29) is 30.3 Å². The molecule has 0 aliphatic carbocycles. The van der Waals surface area contributed by atoms with Gasteiger partial charge in [0.1, 0.15) is 6.54 Å². The fraction of sp³-hybridized carbons (Fsp3) is 0.500. The first-order valence-electron chi connectivity index (χ1n) is 6.79. The number of nitrogens with two attached hydrogens (primary N) is 1. The lowest BCUT2D eigenvalue weighted by molar-refractivity contribution is -0.132. The van der Waals surface area contributed by atoms with Crippen LogP contribution in [-0.4, -0.2) is 23.4 Å². The van der Waals surface area contributed by atoms with E-state index in [1.54, 1.807) is 4.90 Å². The summed E-state index contributed by atoms with van der Waals surface area (Å²) in [5.74, 6) is -0.0715. The minimum absolute atomic E-state index is 0.0715. The summed E-state index contributed by atoms with van der Waals surface area (Å²) in [5.41, 5.74) is 6.94. The maximum atomic E-state index is 12.3. The van der Waals surface area contributed by atoms with Crippen molar-refractivity contribution < 1.29 is 4.79 Å². The van der Waals surface area contributed by atoms with Crippen LogP contribution in [0, 0.1) is 16.7 Å². The molecule has 0 spiro atoms. The molecule has 1 atom stereocenters. The summed E-state index contributed by atoms with van der Waals surface area (Å²) in [7, 11) is 0. The zero-order valence-corrected chi connectivity index (χ0v) is 12.5. The highest BCUT2D eigenvalue weighted by Gasteiger charge is 2.25. The molecule has 4 nitrogen and oxygen atoms in total. The SMILES string of the molecule is CC(C)(C)C(N)CC(=O)N(CC#N)Cc1ccccc1. The van der Waals surface area contributed by atoms with Gasteiger partial charge in [0, 0.05) is 19.0 Å². The van der Waals surface area contributed by atoms with Gasteiger partial charge in [-0.3, -0.25) is 4.79 Å². The number of nitriles is 1. The van der Waals surface area contributed by atoms with Crippen LogP contribution < -0.4 is 5.73 Å². The van der Waals surface area contributed by atoms with Gasteiger partial charge < -0.3 is 10.6 Å². The van der Waals surface area contributed by atoms with Crippen molar-refractivity contribution in [2.45, 2.75) is 39.8 Å². The Kier molecular flexibility index (Phi) is 5.72. The molecule has 0 aliphatic rings. The van der Waals surface area contributed by atoms with Crippen LogP contribution in [0.25, 0.3) is 0 Å². The van der Waals surface area contributed by atoms with E-state index in [2.05, 4.69) is 0 Å². The zero-order valence-electron chi connectivity index (χ0n) is 12.5. The highest BCUT2D eigenvalue weighted by atomic mass is 16.2. The van der Waals surface area contributed by atoms with Gasteiger partial charge >= 0.3 is 0 Å². The van der Waals surface area contributed by atoms with Crippen LogP contribution in [-0.2, 0) is 11.3 Å². The zero-order chi connectivity index (χ0) is 15.2. The van der Waals surface area contributed by atoms with Gasteiger partial charge in [0.05, 0.1) is 6.07 Å². The average Bonchev–Trinajstić information content (AvgIpc) is 2.38. The fourth-order valence-electron chi connectivity index (χ4n) is 1.74. The van der Waals surface area contributed by atoms with E-state index in [0.717, 1.165) is 5.56 Å². The predicted molar refractivity (Wildman–Crippen MR) is 79.5 cm³/mol. The van der Waals surface area contributed by atoms with E-state index in [1.165, 1.54) is 0 Å². The predicted octanol–water partition coefficient (Wildman–Crippen LogP) is 2.30. The molecule has 0 heterocycles. The third kappa shape index (κ3) is 5.02. The average molecular weight is 273 g/mol. The second-order valence-electron chi connectivity index (χ2n) is 6.07. The molecule has 0 saturated carbocycles. The van der Waals surface area contributed by atoms with Crippen molar-refractivity contribution >= 4 is 5.91 Å². The van der Waals surface area contributed by atoms with Crippen molar-refractivity contribution in [1.82, 2.24) is 4.90 Å². The molecule has 0 saturated heterocycles. The summed E-state index contributed by atoms with van der Waals surface area (Å²) in [6.07, 6.45) is 0.262. The van der Waals surface area contributed by atoms with Crippen molar-refractivity contribution in [3.63, 3.8) is 0 Å². The summed E-state index contributed by atoms with van der Waals surface area (Å²) in [6.45, 7) is 6.57. The normalized spacial score (nSPS) is 12.6. The first-order chi connectivity index (χ1) is 9.34. The second-order valence-corrected chi connectivity index (χ2v) is 6.07. The molecule has 1 aromatic rings. The quantitative estimate of drug-likeness (QED) is 0.837. The van der Waals surface area contributed by atoms with E-state index >= 15 is 0 Å². The van der Waals surface area contributed by atoms with Gasteiger partial charge in [0.2, 0.25) is 5.91 Å². The lowest BCUT2D eigenvalue weighted by Crippen LogP contribution is -2.41. The molecule has 2 N–H and O–H groups in total. The first-order valence-corrected chi connectivity index (χ1v) is 6.79. The standard InChI is InChI=1S/C16H23N3O/c1-16(2,3)14(18)11-15(20)19(10-9-17)12-13-7-5-4-6-8-13/h4-8,14H,10-12,18H2,1-3H3. The van der Waals surface area contributed by atoms with Gasteiger partial charge in [-0.1, -0.05) is 51.1 Å². The first kappa shape index (κ1) is 16.2. The molecule has 20 heavy (non-hydrogen) atoms. The topological polar surface area (TPSA) is 70.1 Å². The largest absolute Gasteiger partial charge is 0.327 e. The molecule has 0 fully saturated rings. The number of amides is 1. The molecule has 1 aromatic carbocycles. The van der Waals surface area contributed by atoms with Gasteiger partial charge in [0.15, 0.2) is 0 Å². The van der Waals surface area contributed by atoms with E-state index in [0.29, 0.717) is 6.54 Å². The van der Waals surface area contributed by atoms with E-state index in [4.69, 9.17) is 11.0 Å². The lowest BCUT2D eigenvalue weighted by atomic mass is 9.85. The Morgan fingerprint density at radius 1 is 1.35 bits per heavy atom. The molecule has 0 aromatic heterocycles. The summed E-state index contributed by atoms with van der Waals surface area (Å²) in [5, 5.41) is 8.88. The van der Waals surface area contributed by atoms with E-state index < -0.39 is 0 Å². The molecule has 4 heteroatoms. The molecule has 1 rings (SSSR count). The van der Waals surface area contributed by atoms with Crippen molar-refractivity contribution in [2.75, 3.05) is 6.54 Å². The van der Waals surface area contributed by atoms with Gasteiger partial charge in [-0.25, -0.2) is 0 Å². The minimum Gasteiger partial charge on any atom is -0.327 e. The van der Waals surface area contributed by atoms with Crippen molar-refractivity contribution in [2.24, 2.45) is 11.1 Å². The number of nitrogens with zero attached hydrogens (tertiary/aromatic N) is 2. The van der Waals surface area contributed by atoms with Crippen LogP contribution >= 0.6 is 0 Å². The fourth-order valence-corrected chi connectivity index (χ4v) is 1.74. The summed E-state index contributed by atoms with van der Waals surface area (Å²) in [4.78, 5) is 13.8. The summed E-state index contributed by atoms with van der Waals surface area (Å²) >= 11 is 0. The molecule has 108 valence electrons. The maximum Gasteiger partial charge on any atom is 0.225 e. The Balaban J connectivity index is 2.71. The van der Waals surface area contributed by atoms with E-state index in [1.807, 2.05) is 57.2 Å². The number of hydrogen-bond acceptors (Lipinski definition) is 3. The van der Waals surface area contributed by atoms with Gasteiger partial charge in [-0.05, 0) is 11.0 Å². The Morgan fingerprint density at radius 2 is 1.95 bits per heavy atom. The number of rotatable bonds is 5. The molecule has 0 radical (unpaired) electrons. The molecule has 1 unspecified atom stereocenters. The van der Waals surface area contributed by atoms with Crippen LogP contribution in [0.3, 0.4) is 0 Å².